The smallest absolute Gasteiger partial charge is 0.0991 e. The molecule has 2 aromatic carbocycles. The Morgan fingerprint density at radius 3 is 2.68 bits per heavy atom. The van der Waals surface area contributed by atoms with Crippen molar-refractivity contribution in [2.24, 2.45) is 0 Å². The van der Waals surface area contributed by atoms with Crippen LogP contribution in [0.5, 0.6) is 0 Å². The lowest BCUT2D eigenvalue weighted by Crippen LogP contribution is -2.18. The fraction of sp³-hybridized carbons (Fsp3) is 0.167. The SMILES string of the molecule is CC(NCc1ccc(-n2ccnc2)cc1)c1cccc(Br)c1. The number of aromatic nitrogens is 2. The second kappa shape index (κ2) is 6.90. The summed E-state index contributed by atoms with van der Waals surface area (Å²) in [7, 11) is 0. The topological polar surface area (TPSA) is 29.9 Å². The third-order valence-electron chi connectivity index (χ3n) is 3.70. The zero-order valence-corrected chi connectivity index (χ0v) is 14.0. The summed E-state index contributed by atoms with van der Waals surface area (Å²) in [6, 6.07) is 17.2. The molecule has 1 aromatic heterocycles. The minimum absolute atomic E-state index is 0.311. The molecule has 1 unspecified atom stereocenters. The largest absolute Gasteiger partial charge is 0.306 e. The molecule has 0 aliphatic heterocycles. The van der Waals surface area contributed by atoms with Gasteiger partial charge < -0.3 is 9.88 Å². The molecule has 1 heterocycles. The number of nitrogens with one attached hydrogen (secondary N) is 1. The number of benzene rings is 2. The summed E-state index contributed by atoms with van der Waals surface area (Å²) in [5.74, 6) is 0. The Kier molecular flexibility index (Phi) is 4.71. The second-order valence-electron chi connectivity index (χ2n) is 5.29. The lowest BCUT2D eigenvalue weighted by molar-refractivity contribution is 0.574. The fourth-order valence-electron chi connectivity index (χ4n) is 2.36. The van der Waals surface area contributed by atoms with Crippen LogP contribution in [0.15, 0.2) is 71.7 Å². The lowest BCUT2D eigenvalue weighted by atomic mass is 10.1. The highest BCUT2D eigenvalue weighted by molar-refractivity contribution is 9.10. The van der Waals surface area contributed by atoms with Gasteiger partial charge in [0.25, 0.3) is 0 Å². The van der Waals surface area contributed by atoms with Crippen LogP contribution in [0.3, 0.4) is 0 Å². The minimum Gasteiger partial charge on any atom is -0.306 e. The molecule has 3 aromatic rings. The Labute approximate surface area is 139 Å². The average molecular weight is 356 g/mol. The number of rotatable bonds is 5. The van der Waals surface area contributed by atoms with Crippen LogP contribution in [-0.2, 0) is 6.54 Å². The highest BCUT2D eigenvalue weighted by Gasteiger charge is 2.05. The maximum atomic E-state index is 4.07. The van der Waals surface area contributed by atoms with E-state index in [1.807, 2.05) is 23.2 Å². The third kappa shape index (κ3) is 3.64. The summed E-state index contributed by atoms with van der Waals surface area (Å²) in [4.78, 5) is 4.07. The second-order valence-corrected chi connectivity index (χ2v) is 6.21. The summed E-state index contributed by atoms with van der Waals surface area (Å²) in [6.45, 7) is 3.03. The van der Waals surface area contributed by atoms with Crippen LogP contribution in [0.25, 0.3) is 5.69 Å². The van der Waals surface area contributed by atoms with E-state index in [0.717, 1.165) is 16.7 Å². The van der Waals surface area contributed by atoms with E-state index in [1.54, 1.807) is 6.20 Å². The van der Waals surface area contributed by atoms with Gasteiger partial charge in [0.05, 0.1) is 6.33 Å². The molecule has 0 spiro atoms. The van der Waals surface area contributed by atoms with E-state index in [-0.39, 0.29) is 0 Å². The van der Waals surface area contributed by atoms with Gasteiger partial charge in [0, 0.05) is 35.1 Å². The summed E-state index contributed by atoms with van der Waals surface area (Å²) in [5, 5.41) is 3.56. The van der Waals surface area contributed by atoms with E-state index < -0.39 is 0 Å². The number of imidazole rings is 1. The number of hydrogen-bond donors (Lipinski definition) is 1. The molecule has 0 aliphatic carbocycles. The predicted molar refractivity (Wildman–Crippen MR) is 93.0 cm³/mol. The zero-order valence-electron chi connectivity index (χ0n) is 12.4. The first kappa shape index (κ1) is 15.0. The van der Waals surface area contributed by atoms with E-state index in [9.17, 15) is 0 Å². The van der Waals surface area contributed by atoms with E-state index in [4.69, 9.17) is 0 Å². The van der Waals surface area contributed by atoms with Gasteiger partial charge in [-0.15, -0.1) is 0 Å². The van der Waals surface area contributed by atoms with Gasteiger partial charge in [-0.05, 0) is 42.3 Å². The first-order chi connectivity index (χ1) is 10.7. The first-order valence-corrected chi connectivity index (χ1v) is 8.08. The number of halogens is 1. The van der Waals surface area contributed by atoms with Crippen LogP contribution in [0, 0.1) is 0 Å². The van der Waals surface area contributed by atoms with Crippen molar-refractivity contribution >= 4 is 15.9 Å². The first-order valence-electron chi connectivity index (χ1n) is 7.28. The fourth-order valence-corrected chi connectivity index (χ4v) is 2.78. The Balaban J connectivity index is 1.62. The Hall–Kier alpha value is -1.91. The minimum atomic E-state index is 0.311. The van der Waals surface area contributed by atoms with Crippen LogP contribution < -0.4 is 5.32 Å². The van der Waals surface area contributed by atoms with Gasteiger partial charge in [-0.2, -0.15) is 0 Å². The van der Waals surface area contributed by atoms with Gasteiger partial charge in [-0.1, -0.05) is 40.2 Å². The monoisotopic (exact) mass is 355 g/mol. The highest BCUT2D eigenvalue weighted by Crippen LogP contribution is 2.18. The Morgan fingerprint density at radius 1 is 1.18 bits per heavy atom. The highest BCUT2D eigenvalue weighted by atomic mass is 79.9. The quantitative estimate of drug-likeness (QED) is 0.730. The van der Waals surface area contributed by atoms with Crippen LogP contribution in [0.1, 0.15) is 24.1 Å². The Morgan fingerprint density at radius 2 is 2.00 bits per heavy atom. The summed E-state index contributed by atoms with van der Waals surface area (Å²) >= 11 is 3.52. The molecular weight excluding hydrogens is 338 g/mol. The standard InChI is InChI=1S/C18H18BrN3/c1-14(16-3-2-4-17(19)11-16)21-12-15-5-7-18(8-6-15)22-10-9-20-13-22/h2-11,13-14,21H,12H2,1H3. The van der Waals surface area contributed by atoms with Gasteiger partial charge in [-0.3, -0.25) is 0 Å². The maximum absolute atomic E-state index is 4.07. The molecule has 0 radical (unpaired) electrons. The molecule has 1 atom stereocenters. The van der Waals surface area contributed by atoms with Gasteiger partial charge in [-0.25, -0.2) is 4.98 Å². The summed E-state index contributed by atoms with van der Waals surface area (Å²) < 4.78 is 3.12. The van der Waals surface area contributed by atoms with Gasteiger partial charge >= 0.3 is 0 Å². The van der Waals surface area contributed by atoms with Crippen LogP contribution in [-0.4, -0.2) is 9.55 Å². The van der Waals surface area contributed by atoms with Gasteiger partial charge in [0.15, 0.2) is 0 Å². The average Bonchev–Trinajstić information content (AvgIpc) is 3.07. The third-order valence-corrected chi connectivity index (χ3v) is 4.19. The molecule has 4 heteroatoms. The molecule has 0 saturated carbocycles. The summed E-state index contributed by atoms with van der Waals surface area (Å²) in [5.41, 5.74) is 3.68. The van der Waals surface area contributed by atoms with E-state index in [1.165, 1.54) is 11.1 Å². The summed E-state index contributed by atoms with van der Waals surface area (Å²) in [6.07, 6.45) is 5.54. The van der Waals surface area contributed by atoms with Crippen LogP contribution in [0.2, 0.25) is 0 Å². The molecule has 0 fully saturated rings. The van der Waals surface area contributed by atoms with Crippen molar-refractivity contribution in [3.8, 4) is 5.69 Å². The maximum Gasteiger partial charge on any atom is 0.0991 e. The molecule has 22 heavy (non-hydrogen) atoms. The molecule has 112 valence electrons. The number of nitrogens with zero attached hydrogens (tertiary/aromatic N) is 2. The van der Waals surface area contributed by atoms with Crippen molar-refractivity contribution in [2.45, 2.75) is 19.5 Å². The zero-order chi connectivity index (χ0) is 15.4. The van der Waals surface area contributed by atoms with Gasteiger partial charge in [0.2, 0.25) is 0 Å². The molecule has 1 N–H and O–H groups in total. The van der Waals surface area contributed by atoms with Crippen LogP contribution >= 0.6 is 15.9 Å². The molecule has 0 saturated heterocycles. The molecule has 3 nitrogen and oxygen atoms in total. The lowest BCUT2D eigenvalue weighted by Gasteiger charge is -2.15. The number of hydrogen-bond acceptors (Lipinski definition) is 2. The molecular formula is C18H18BrN3. The van der Waals surface area contributed by atoms with Crippen LogP contribution in [0.4, 0.5) is 0 Å². The van der Waals surface area contributed by atoms with Crippen molar-refractivity contribution < 1.29 is 0 Å². The molecule has 0 amide bonds. The van der Waals surface area contributed by atoms with E-state index in [2.05, 4.69) is 75.6 Å². The normalized spacial score (nSPS) is 12.3. The molecule has 3 rings (SSSR count). The molecule has 0 bridgehead atoms. The van der Waals surface area contributed by atoms with Crippen molar-refractivity contribution in [1.82, 2.24) is 14.9 Å². The van der Waals surface area contributed by atoms with Gasteiger partial charge in [0.1, 0.15) is 0 Å². The van der Waals surface area contributed by atoms with Crippen molar-refractivity contribution in [3.05, 3.63) is 82.9 Å². The Bertz CT molecular complexity index is 720. The van der Waals surface area contributed by atoms with E-state index >= 15 is 0 Å². The predicted octanol–water partition coefficient (Wildman–Crippen LogP) is 4.49. The molecule has 0 aliphatic rings. The van der Waals surface area contributed by atoms with Crippen molar-refractivity contribution in [1.29, 1.82) is 0 Å². The van der Waals surface area contributed by atoms with Crippen molar-refractivity contribution in [2.75, 3.05) is 0 Å². The van der Waals surface area contributed by atoms with Crippen molar-refractivity contribution in [3.63, 3.8) is 0 Å². The van der Waals surface area contributed by atoms with E-state index in [0.29, 0.717) is 6.04 Å².